The minimum atomic E-state index is -4.86. The maximum Gasteiger partial charge on any atom is 0.340 e. The van der Waals surface area contributed by atoms with E-state index in [0.717, 1.165) is 17.8 Å². The minimum absolute atomic E-state index is 0.166. The van der Waals surface area contributed by atoms with Gasteiger partial charge in [0.05, 0.1) is 12.2 Å². The lowest BCUT2D eigenvalue weighted by Gasteiger charge is -2.19. The van der Waals surface area contributed by atoms with E-state index in [-0.39, 0.29) is 10.6 Å². The first-order chi connectivity index (χ1) is 13.1. The number of nitrogens with zero attached hydrogens (tertiary/aromatic N) is 2. The molecule has 0 spiro atoms. The summed E-state index contributed by atoms with van der Waals surface area (Å²) >= 11 is 5.74. The summed E-state index contributed by atoms with van der Waals surface area (Å²) < 4.78 is 33.9. The second-order valence-corrected chi connectivity index (χ2v) is 10.7. The zero-order chi connectivity index (χ0) is 22.3. The number of halogens is 1. The molecule has 1 aliphatic heterocycles. The van der Waals surface area contributed by atoms with Gasteiger partial charge in [0.2, 0.25) is 0 Å². The Hall–Kier alpha value is -1.11. The number of rotatable bonds is 7. The Morgan fingerprint density at radius 1 is 1.28 bits per heavy atom. The first-order valence-electron chi connectivity index (χ1n) is 7.84. The van der Waals surface area contributed by atoms with Gasteiger partial charge in [0.25, 0.3) is 5.56 Å². The van der Waals surface area contributed by atoms with Crippen LogP contribution in [0.4, 0.5) is 0 Å². The molecule has 1 aromatic rings. The molecule has 2 heterocycles. The van der Waals surface area contributed by atoms with Crippen molar-refractivity contribution in [1.82, 2.24) is 9.13 Å². The van der Waals surface area contributed by atoms with Crippen LogP contribution in [0, 0.1) is 0 Å². The fraction of sp³-hybridized carbons (Fsp3) is 0.538. The van der Waals surface area contributed by atoms with E-state index in [1.807, 2.05) is 0 Å². The topological polar surface area (TPSA) is 198 Å². The molecule has 0 aromatic carbocycles. The van der Waals surface area contributed by atoms with Crippen LogP contribution < -0.4 is 11.2 Å². The summed E-state index contributed by atoms with van der Waals surface area (Å²) in [5.41, 5.74) is -1.83. The van der Waals surface area contributed by atoms with Gasteiger partial charge in [-0.15, -0.1) is 0 Å². The summed E-state index contributed by atoms with van der Waals surface area (Å²) in [5, 5.41) is 20.1. The maximum absolute atomic E-state index is 12.4. The molecule has 16 heteroatoms. The fourth-order valence-corrected chi connectivity index (χ4v) is 5.32. The Morgan fingerprint density at radius 3 is 2.38 bits per heavy atom. The van der Waals surface area contributed by atoms with E-state index >= 15 is 0 Å². The molecule has 29 heavy (non-hydrogen) atoms. The molecule has 1 saturated heterocycles. The molecular formula is C13H19ClN2O11P2. The van der Waals surface area contributed by atoms with E-state index in [9.17, 15) is 33.8 Å². The predicted octanol–water partition coefficient (Wildman–Crippen LogP) is -1.29. The highest BCUT2D eigenvalue weighted by molar-refractivity contribution is 7.70. The van der Waals surface area contributed by atoms with Crippen LogP contribution in [0.5, 0.6) is 0 Å². The molecular weight excluding hydrogens is 458 g/mol. The van der Waals surface area contributed by atoms with Crippen molar-refractivity contribution in [2.24, 2.45) is 7.05 Å². The average Bonchev–Trinajstić information content (AvgIpc) is 2.84. The molecule has 1 fully saturated rings. The van der Waals surface area contributed by atoms with Crippen molar-refractivity contribution in [3.63, 3.8) is 0 Å². The van der Waals surface area contributed by atoms with Crippen LogP contribution in [0.25, 0.3) is 5.03 Å². The summed E-state index contributed by atoms with van der Waals surface area (Å²) in [7, 11) is -8.44. The molecule has 5 N–H and O–H groups in total. The van der Waals surface area contributed by atoms with Crippen LogP contribution >= 0.6 is 26.8 Å². The third-order valence-electron chi connectivity index (χ3n) is 4.02. The van der Waals surface area contributed by atoms with Gasteiger partial charge < -0.3 is 34.2 Å². The van der Waals surface area contributed by atoms with E-state index in [1.165, 1.54) is 0 Å². The Bertz CT molecular complexity index is 1010. The van der Waals surface area contributed by atoms with E-state index in [0.29, 0.717) is 4.57 Å². The van der Waals surface area contributed by atoms with E-state index in [2.05, 4.69) is 11.1 Å². The van der Waals surface area contributed by atoms with Crippen LogP contribution in [0.3, 0.4) is 0 Å². The summed E-state index contributed by atoms with van der Waals surface area (Å²) in [4.78, 5) is 51.4. The van der Waals surface area contributed by atoms with Crippen molar-refractivity contribution in [3.05, 3.63) is 39.2 Å². The van der Waals surface area contributed by atoms with Gasteiger partial charge >= 0.3 is 20.9 Å². The highest BCUT2D eigenvalue weighted by atomic mass is 35.5. The normalized spacial score (nSPS) is 27.0. The van der Waals surface area contributed by atoms with E-state index < -0.39 is 63.5 Å². The molecule has 1 aromatic heterocycles. The lowest BCUT2D eigenvalue weighted by molar-refractivity contribution is -0.0529. The largest absolute Gasteiger partial charge is 0.387 e. The molecule has 13 nitrogen and oxygen atoms in total. The smallest absolute Gasteiger partial charge is 0.340 e. The van der Waals surface area contributed by atoms with Crippen LogP contribution in [0.15, 0.2) is 22.4 Å². The number of hydrogen-bond donors (Lipinski definition) is 5. The van der Waals surface area contributed by atoms with Crippen LogP contribution in [-0.2, 0) is 25.4 Å². The van der Waals surface area contributed by atoms with Crippen molar-refractivity contribution in [2.45, 2.75) is 24.5 Å². The first-order valence-corrected chi connectivity index (χ1v) is 11.8. The van der Waals surface area contributed by atoms with Gasteiger partial charge in [-0.25, -0.2) is 4.79 Å². The Labute approximate surface area is 168 Å². The molecule has 2 rings (SSSR count). The Balaban J connectivity index is 2.28. The molecule has 0 bridgehead atoms. The van der Waals surface area contributed by atoms with Crippen molar-refractivity contribution >= 4 is 31.8 Å². The Kier molecular flexibility index (Phi) is 7.13. The number of aliphatic hydroxyl groups excluding tert-OH is 2. The maximum atomic E-state index is 12.4. The van der Waals surface area contributed by atoms with Gasteiger partial charge in [-0.3, -0.25) is 23.1 Å². The van der Waals surface area contributed by atoms with Gasteiger partial charge in [0.1, 0.15) is 18.3 Å². The average molecular weight is 477 g/mol. The standard InChI is InChI=1S/C13H19ClN2O11P2/c1-6(14)7-3-16(13(20)15(2)11(7)19)12-10(18)9(17)8(27-12)4-26-29(24,25)5-28(21,22)23/h3,8-10,12,17-18H,1,4-5H2,2H3,(H,24,25)(H2,21,22,23)/t8-,9+,10?,12-/m1/s1. The molecule has 0 radical (unpaired) electrons. The lowest BCUT2D eigenvalue weighted by Crippen LogP contribution is -2.43. The SMILES string of the molecule is C=C(Cl)c1cn([C@@H]2O[C@H](COP(=O)(O)CP(=O)(O)O)[C@H](O)C2O)c(=O)n(C)c1=O. The zero-order valence-corrected chi connectivity index (χ0v) is 17.4. The highest BCUT2D eigenvalue weighted by Gasteiger charge is 2.45. The molecule has 164 valence electrons. The third-order valence-corrected chi connectivity index (χ3v) is 7.68. The van der Waals surface area contributed by atoms with Gasteiger partial charge in [-0.05, 0) is 0 Å². The zero-order valence-electron chi connectivity index (χ0n) is 14.9. The first kappa shape index (κ1) is 24.2. The summed E-state index contributed by atoms with van der Waals surface area (Å²) in [6.45, 7) is 2.58. The van der Waals surface area contributed by atoms with Crippen molar-refractivity contribution in [1.29, 1.82) is 0 Å². The molecule has 2 unspecified atom stereocenters. The predicted molar refractivity (Wildman–Crippen MR) is 99.4 cm³/mol. The van der Waals surface area contributed by atoms with Gasteiger partial charge in [0, 0.05) is 18.3 Å². The van der Waals surface area contributed by atoms with Crippen molar-refractivity contribution in [2.75, 3.05) is 12.5 Å². The molecule has 0 amide bonds. The van der Waals surface area contributed by atoms with E-state index in [1.54, 1.807) is 0 Å². The van der Waals surface area contributed by atoms with Crippen LogP contribution in [0.1, 0.15) is 11.8 Å². The van der Waals surface area contributed by atoms with E-state index in [4.69, 9.17) is 26.1 Å². The van der Waals surface area contributed by atoms with Gasteiger partial charge in [-0.1, -0.05) is 18.2 Å². The molecule has 0 saturated carbocycles. The summed E-state index contributed by atoms with van der Waals surface area (Å²) in [6.07, 6.45) is -5.38. The van der Waals surface area contributed by atoms with Gasteiger partial charge in [-0.2, -0.15) is 0 Å². The monoisotopic (exact) mass is 476 g/mol. The minimum Gasteiger partial charge on any atom is -0.387 e. The highest BCUT2D eigenvalue weighted by Crippen LogP contribution is 2.55. The van der Waals surface area contributed by atoms with Crippen LogP contribution in [-0.4, -0.2) is 64.8 Å². The van der Waals surface area contributed by atoms with Crippen molar-refractivity contribution in [3.8, 4) is 0 Å². The molecule has 5 atom stereocenters. The summed E-state index contributed by atoms with van der Waals surface area (Å²) in [6, 6.07) is 0. The van der Waals surface area contributed by atoms with Gasteiger partial charge in [0.15, 0.2) is 12.1 Å². The molecule has 0 aliphatic carbocycles. The number of ether oxygens (including phenoxy) is 1. The van der Waals surface area contributed by atoms with Crippen LogP contribution in [0.2, 0.25) is 0 Å². The quantitative estimate of drug-likeness (QED) is 0.293. The Morgan fingerprint density at radius 2 is 1.86 bits per heavy atom. The number of hydrogen-bond acceptors (Lipinski definition) is 8. The van der Waals surface area contributed by atoms with Crippen molar-refractivity contribution < 1.29 is 43.3 Å². The fourth-order valence-electron chi connectivity index (χ4n) is 2.62. The third kappa shape index (κ3) is 5.53. The second-order valence-electron chi connectivity index (χ2n) is 6.29. The lowest BCUT2D eigenvalue weighted by atomic mass is 10.1. The number of aromatic nitrogens is 2. The summed E-state index contributed by atoms with van der Waals surface area (Å²) in [5.74, 6) is -1.45. The second kappa shape index (κ2) is 8.56. The number of aliphatic hydroxyl groups is 2. The molecule has 1 aliphatic rings.